The van der Waals surface area contributed by atoms with Crippen LogP contribution in [0.2, 0.25) is 0 Å². The number of carbonyl (C=O) groups excluding carboxylic acids is 1. The number of amides is 1. The summed E-state index contributed by atoms with van der Waals surface area (Å²) in [6, 6.07) is 7.62. The Morgan fingerprint density at radius 1 is 1.18 bits per heavy atom. The highest BCUT2D eigenvalue weighted by Gasteiger charge is 2.25. The Morgan fingerprint density at radius 2 is 1.82 bits per heavy atom. The number of hydrogen-bond donors (Lipinski definition) is 2. The molecule has 0 saturated carbocycles. The maximum Gasteiger partial charge on any atom is 0.282 e. The zero-order valence-corrected chi connectivity index (χ0v) is 13.9. The third kappa shape index (κ3) is 4.73. The predicted molar refractivity (Wildman–Crippen MR) is 89.5 cm³/mol. The molecule has 0 aliphatic carbocycles. The summed E-state index contributed by atoms with van der Waals surface area (Å²) in [6.45, 7) is 6.78. The largest absolute Gasteiger partial charge is 0.492 e. The van der Waals surface area contributed by atoms with E-state index in [0.717, 1.165) is 24.5 Å². The molecule has 0 bridgehead atoms. The van der Waals surface area contributed by atoms with Crippen LogP contribution >= 0.6 is 0 Å². The van der Waals surface area contributed by atoms with Crippen molar-refractivity contribution in [1.82, 2.24) is 0 Å². The van der Waals surface area contributed by atoms with Crippen molar-refractivity contribution in [1.29, 1.82) is 0 Å². The first kappa shape index (κ1) is 16.8. The molecule has 2 N–H and O–H groups in total. The lowest BCUT2D eigenvalue weighted by molar-refractivity contribution is -0.914. The Labute approximate surface area is 133 Å². The van der Waals surface area contributed by atoms with E-state index in [-0.39, 0.29) is 11.9 Å². The highest BCUT2D eigenvalue weighted by Crippen LogP contribution is 2.23. The number of rotatable bonds is 5. The van der Waals surface area contributed by atoms with Crippen LogP contribution in [0.15, 0.2) is 24.3 Å². The number of quaternary nitrogens is 1. The lowest BCUT2D eigenvalue weighted by Gasteiger charge is -2.27. The fourth-order valence-electron chi connectivity index (χ4n) is 3.07. The molecule has 2 rings (SSSR count). The van der Waals surface area contributed by atoms with Gasteiger partial charge in [-0.05, 0) is 51.7 Å². The van der Waals surface area contributed by atoms with E-state index in [1.165, 1.54) is 37.0 Å². The molecule has 4 heteroatoms. The Hall–Kier alpha value is -1.55. The van der Waals surface area contributed by atoms with Gasteiger partial charge in [0.2, 0.25) is 0 Å². The average Bonchev–Trinajstić information content (AvgIpc) is 2.48. The van der Waals surface area contributed by atoms with Gasteiger partial charge in [-0.15, -0.1) is 0 Å². The molecule has 1 aliphatic rings. The molecule has 1 aliphatic heterocycles. The van der Waals surface area contributed by atoms with Gasteiger partial charge in [-0.1, -0.05) is 18.6 Å². The van der Waals surface area contributed by atoms with Crippen LogP contribution in [-0.2, 0) is 4.79 Å². The highest BCUT2D eigenvalue weighted by atomic mass is 16.5. The average molecular weight is 305 g/mol. The molecule has 1 aromatic carbocycles. The number of para-hydroxylation sites is 2. The molecule has 0 radical (unpaired) electrons. The molecule has 1 atom stereocenters. The molecule has 0 unspecified atom stereocenters. The monoisotopic (exact) mass is 305 g/mol. The van der Waals surface area contributed by atoms with Crippen molar-refractivity contribution in [3.8, 4) is 5.75 Å². The number of likely N-dealkylation sites (tertiary alicyclic amines) is 1. The van der Waals surface area contributed by atoms with E-state index >= 15 is 0 Å². The zero-order valence-electron chi connectivity index (χ0n) is 13.9. The van der Waals surface area contributed by atoms with E-state index in [4.69, 9.17) is 4.74 Å². The first-order valence-electron chi connectivity index (χ1n) is 8.59. The van der Waals surface area contributed by atoms with Crippen molar-refractivity contribution in [2.24, 2.45) is 0 Å². The zero-order chi connectivity index (χ0) is 15.8. The molecule has 4 nitrogen and oxygen atoms in total. The van der Waals surface area contributed by atoms with Crippen LogP contribution in [0, 0.1) is 0 Å². The third-order valence-corrected chi connectivity index (χ3v) is 4.45. The summed E-state index contributed by atoms with van der Waals surface area (Å²) >= 11 is 0. The topological polar surface area (TPSA) is 42.8 Å². The van der Waals surface area contributed by atoms with Crippen molar-refractivity contribution in [3.63, 3.8) is 0 Å². The van der Waals surface area contributed by atoms with Crippen LogP contribution < -0.4 is 15.0 Å². The second-order valence-electron chi connectivity index (χ2n) is 6.07. The maximum atomic E-state index is 12.6. The van der Waals surface area contributed by atoms with Crippen molar-refractivity contribution in [2.45, 2.75) is 52.0 Å². The quantitative estimate of drug-likeness (QED) is 0.876. The van der Waals surface area contributed by atoms with E-state index in [0.29, 0.717) is 6.61 Å². The van der Waals surface area contributed by atoms with Crippen LogP contribution in [-0.4, -0.2) is 31.6 Å². The van der Waals surface area contributed by atoms with Gasteiger partial charge >= 0.3 is 0 Å². The molecule has 1 amide bonds. The summed E-state index contributed by atoms with van der Waals surface area (Å²) in [5, 5.41) is 3.04. The minimum Gasteiger partial charge on any atom is -0.492 e. The van der Waals surface area contributed by atoms with Crippen molar-refractivity contribution in [3.05, 3.63) is 24.3 Å². The van der Waals surface area contributed by atoms with Gasteiger partial charge in [0, 0.05) is 0 Å². The fourth-order valence-corrected chi connectivity index (χ4v) is 3.07. The van der Waals surface area contributed by atoms with Crippen LogP contribution in [0.1, 0.15) is 46.0 Å². The molecular weight excluding hydrogens is 276 g/mol. The van der Waals surface area contributed by atoms with Gasteiger partial charge in [-0.25, -0.2) is 0 Å². The van der Waals surface area contributed by atoms with Gasteiger partial charge in [0.25, 0.3) is 5.91 Å². The SMILES string of the molecule is CCOc1ccccc1NC(=O)[C@@H](C)[NH+]1CCCCCCC1. The van der Waals surface area contributed by atoms with E-state index in [2.05, 4.69) is 5.32 Å². The standard InChI is InChI=1S/C18H28N2O2/c1-3-22-17-12-8-7-11-16(17)19-18(21)15(2)20-13-9-5-4-6-10-14-20/h7-8,11-12,15H,3-6,9-10,13-14H2,1-2H3,(H,19,21)/p+1/t15-/m1/s1. The smallest absolute Gasteiger partial charge is 0.282 e. The molecular formula is C18H29N2O2+. The van der Waals surface area contributed by atoms with Gasteiger partial charge in [0.05, 0.1) is 25.4 Å². The van der Waals surface area contributed by atoms with Crippen LogP contribution in [0.3, 0.4) is 0 Å². The highest BCUT2D eigenvalue weighted by molar-refractivity contribution is 5.94. The summed E-state index contributed by atoms with van der Waals surface area (Å²) in [4.78, 5) is 14.0. The summed E-state index contributed by atoms with van der Waals surface area (Å²) in [6.07, 6.45) is 6.39. The van der Waals surface area contributed by atoms with Crippen molar-refractivity contribution < 1.29 is 14.4 Å². The van der Waals surface area contributed by atoms with Crippen LogP contribution in [0.4, 0.5) is 5.69 Å². The first-order chi connectivity index (χ1) is 10.7. The van der Waals surface area contributed by atoms with Crippen molar-refractivity contribution in [2.75, 3.05) is 25.0 Å². The number of hydrogen-bond acceptors (Lipinski definition) is 2. The molecule has 22 heavy (non-hydrogen) atoms. The first-order valence-corrected chi connectivity index (χ1v) is 8.59. The molecule has 0 aromatic heterocycles. The second-order valence-corrected chi connectivity index (χ2v) is 6.07. The van der Waals surface area contributed by atoms with E-state index < -0.39 is 0 Å². The van der Waals surface area contributed by atoms with Crippen molar-refractivity contribution >= 4 is 11.6 Å². The van der Waals surface area contributed by atoms with Crippen LogP contribution in [0.25, 0.3) is 0 Å². The fraction of sp³-hybridized carbons (Fsp3) is 0.611. The predicted octanol–water partition coefficient (Wildman–Crippen LogP) is 2.26. The Kier molecular flexibility index (Phi) is 6.72. The Balaban J connectivity index is 1.98. The molecule has 1 fully saturated rings. The lowest BCUT2D eigenvalue weighted by Crippen LogP contribution is -3.16. The molecule has 1 aromatic rings. The maximum absolute atomic E-state index is 12.6. The van der Waals surface area contributed by atoms with Gasteiger partial charge in [0.1, 0.15) is 5.75 Å². The number of nitrogens with one attached hydrogen (secondary N) is 2. The number of carbonyl (C=O) groups is 1. The van der Waals surface area contributed by atoms with Gasteiger partial charge < -0.3 is 15.0 Å². The molecule has 1 saturated heterocycles. The number of benzene rings is 1. The molecule has 0 spiro atoms. The lowest BCUT2D eigenvalue weighted by atomic mass is 10.1. The van der Waals surface area contributed by atoms with E-state index in [1.807, 2.05) is 38.1 Å². The Morgan fingerprint density at radius 3 is 2.50 bits per heavy atom. The summed E-state index contributed by atoms with van der Waals surface area (Å²) < 4.78 is 5.58. The van der Waals surface area contributed by atoms with Gasteiger partial charge in [0.15, 0.2) is 6.04 Å². The number of anilines is 1. The van der Waals surface area contributed by atoms with Crippen LogP contribution in [0.5, 0.6) is 5.75 Å². The second kappa shape index (κ2) is 8.79. The summed E-state index contributed by atoms with van der Waals surface area (Å²) in [5.74, 6) is 0.830. The number of ether oxygens (including phenoxy) is 1. The van der Waals surface area contributed by atoms with E-state index in [9.17, 15) is 4.79 Å². The minimum absolute atomic E-state index is 0.0206. The van der Waals surface area contributed by atoms with Gasteiger partial charge in [-0.3, -0.25) is 4.79 Å². The summed E-state index contributed by atoms with van der Waals surface area (Å²) in [5.41, 5.74) is 0.771. The van der Waals surface area contributed by atoms with Gasteiger partial charge in [-0.2, -0.15) is 0 Å². The minimum atomic E-state index is -0.0206. The normalized spacial score (nSPS) is 18.1. The molecule has 1 heterocycles. The molecule has 122 valence electrons. The third-order valence-electron chi connectivity index (χ3n) is 4.45. The Bertz CT molecular complexity index is 468. The summed E-state index contributed by atoms with van der Waals surface area (Å²) in [7, 11) is 0. The van der Waals surface area contributed by atoms with E-state index in [1.54, 1.807) is 0 Å².